The predicted molar refractivity (Wildman–Crippen MR) is 67.2 cm³/mol. The number of allylic oxidation sites excluding steroid dienone is 1. The van der Waals surface area contributed by atoms with E-state index in [1.54, 1.807) is 6.20 Å². The second kappa shape index (κ2) is 4.17. The number of nitrogens with zero attached hydrogens (tertiary/aromatic N) is 2. The summed E-state index contributed by atoms with van der Waals surface area (Å²) in [5.74, 6) is 0.957. The van der Waals surface area contributed by atoms with Crippen molar-refractivity contribution >= 4 is 12.1 Å². The topological polar surface area (TPSA) is 33.2 Å². The number of aldehydes is 1. The molecule has 0 spiro atoms. The predicted octanol–water partition coefficient (Wildman–Crippen LogP) is 2.36. The molecule has 1 aliphatic heterocycles. The van der Waals surface area contributed by atoms with Gasteiger partial charge in [-0.05, 0) is 36.1 Å². The van der Waals surface area contributed by atoms with Crippen molar-refractivity contribution in [1.29, 1.82) is 0 Å². The van der Waals surface area contributed by atoms with Crippen LogP contribution in [0.5, 0.6) is 0 Å². The Kier molecular flexibility index (Phi) is 2.52. The summed E-state index contributed by atoms with van der Waals surface area (Å²) in [5, 5.41) is 0. The van der Waals surface area contributed by atoms with Gasteiger partial charge in [0.05, 0.1) is 0 Å². The highest BCUT2D eigenvalue weighted by molar-refractivity contribution is 5.74. The Balaban J connectivity index is 1.79. The quantitative estimate of drug-likeness (QED) is 0.726. The van der Waals surface area contributed by atoms with Crippen LogP contribution in [0.3, 0.4) is 0 Å². The van der Waals surface area contributed by atoms with E-state index in [0.29, 0.717) is 5.56 Å². The van der Waals surface area contributed by atoms with Crippen LogP contribution in [0.25, 0.3) is 0 Å². The molecule has 0 amide bonds. The van der Waals surface area contributed by atoms with E-state index in [2.05, 4.69) is 22.0 Å². The lowest BCUT2D eigenvalue weighted by Crippen LogP contribution is -2.21. The molecular formula is C14H14N2O. The maximum Gasteiger partial charge on any atom is 0.151 e. The molecule has 17 heavy (non-hydrogen) atoms. The van der Waals surface area contributed by atoms with Gasteiger partial charge in [-0.2, -0.15) is 0 Å². The SMILES string of the molecule is O=Cc1ccc(N2CC3=C(CCC=C3)C2)nc1. The van der Waals surface area contributed by atoms with Gasteiger partial charge in [0.2, 0.25) is 0 Å². The molecule has 0 saturated heterocycles. The Bertz CT molecular complexity index is 499. The summed E-state index contributed by atoms with van der Waals surface area (Å²) in [4.78, 5) is 17.2. The lowest BCUT2D eigenvalue weighted by molar-refractivity contribution is 0.112. The van der Waals surface area contributed by atoms with Crippen LogP contribution in [-0.4, -0.2) is 24.4 Å². The van der Waals surface area contributed by atoms with E-state index in [1.165, 1.54) is 17.6 Å². The Morgan fingerprint density at radius 1 is 1.29 bits per heavy atom. The second-order valence-corrected chi connectivity index (χ2v) is 4.49. The summed E-state index contributed by atoms with van der Waals surface area (Å²) in [6.45, 7) is 1.92. The summed E-state index contributed by atoms with van der Waals surface area (Å²) in [5.41, 5.74) is 3.61. The van der Waals surface area contributed by atoms with Crippen molar-refractivity contribution in [2.75, 3.05) is 18.0 Å². The minimum absolute atomic E-state index is 0.630. The van der Waals surface area contributed by atoms with Gasteiger partial charge in [0, 0.05) is 24.8 Å². The zero-order valence-electron chi connectivity index (χ0n) is 9.60. The molecule has 0 N–H and O–H groups in total. The Morgan fingerprint density at radius 2 is 2.24 bits per heavy atom. The van der Waals surface area contributed by atoms with Gasteiger partial charge in [-0.3, -0.25) is 4.79 Å². The van der Waals surface area contributed by atoms with Gasteiger partial charge in [-0.1, -0.05) is 12.2 Å². The summed E-state index contributed by atoms with van der Waals surface area (Å²) in [6.07, 6.45) is 9.27. The number of carbonyl (C=O) groups excluding carboxylic acids is 1. The highest BCUT2D eigenvalue weighted by Crippen LogP contribution is 2.29. The maximum atomic E-state index is 10.6. The molecule has 1 aliphatic carbocycles. The van der Waals surface area contributed by atoms with E-state index in [4.69, 9.17) is 0 Å². The number of carbonyl (C=O) groups is 1. The number of anilines is 1. The molecule has 0 fully saturated rings. The highest BCUT2D eigenvalue weighted by atomic mass is 16.1. The molecule has 0 aromatic carbocycles. The van der Waals surface area contributed by atoms with E-state index in [9.17, 15) is 4.79 Å². The monoisotopic (exact) mass is 226 g/mol. The Morgan fingerprint density at radius 3 is 2.94 bits per heavy atom. The maximum absolute atomic E-state index is 10.6. The zero-order chi connectivity index (χ0) is 11.7. The minimum Gasteiger partial charge on any atom is -0.348 e. The van der Waals surface area contributed by atoms with Gasteiger partial charge in [0.15, 0.2) is 6.29 Å². The standard InChI is InChI=1S/C14H14N2O/c17-10-11-5-6-14(15-7-11)16-8-12-3-1-2-4-13(12)9-16/h1,3,5-7,10H,2,4,8-9H2. The molecule has 0 unspecified atom stereocenters. The first-order chi connectivity index (χ1) is 8.36. The largest absolute Gasteiger partial charge is 0.348 e. The van der Waals surface area contributed by atoms with Gasteiger partial charge in [0.1, 0.15) is 5.82 Å². The van der Waals surface area contributed by atoms with E-state index >= 15 is 0 Å². The fourth-order valence-corrected chi connectivity index (χ4v) is 2.41. The van der Waals surface area contributed by atoms with Crippen LogP contribution >= 0.6 is 0 Å². The third-order valence-electron chi connectivity index (χ3n) is 3.36. The molecule has 1 aromatic heterocycles. The van der Waals surface area contributed by atoms with Crippen molar-refractivity contribution in [3.63, 3.8) is 0 Å². The number of pyridine rings is 1. The highest BCUT2D eigenvalue weighted by Gasteiger charge is 2.22. The van der Waals surface area contributed by atoms with Crippen molar-refractivity contribution in [1.82, 2.24) is 4.98 Å². The molecule has 2 heterocycles. The summed E-state index contributed by atoms with van der Waals surface area (Å²) < 4.78 is 0. The molecule has 3 heteroatoms. The first kappa shape index (κ1) is 10.3. The van der Waals surface area contributed by atoms with Crippen molar-refractivity contribution in [2.24, 2.45) is 0 Å². The smallest absolute Gasteiger partial charge is 0.151 e. The molecule has 0 atom stereocenters. The van der Waals surface area contributed by atoms with Crippen LogP contribution in [0.15, 0.2) is 41.6 Å². The number of hydrogen-bond donors (Lipinski definition) is 0. The minimum atomic E-state index is 0.630. The molecule has 0 saturated carbocycles. The summed E-state index contributed by atoms with van der Waals surface area (Å²) >= 11 is 0. The first-order valence-electron chi connectivity index (χ1n) is 5.90. The van der Waals surface area contributed by atoms with Crippen LogP contribution in [0.2, 0.25) is 0 Å². The van der Waals surface area contributed by atoms with Crippen LogP contribution in [-0.2, 0) is 0 Å². The summed E-state index contributed by atoms with van der Waals surface area (Å²) in [6, 6.07) is 3.74. The van der Waals surface area contributed by atoms with Crippen LogP contribution in [0.1, 0.15) is 23.2 Å². The Hall–Kier alpha value is -1.90. The van der Waals surface area contributed by atoms with Crippen LogP contribution < -0.4 is 4.90 Å². The fraction of sp³-hybridized carbons (Fsp3) is 0.286. The molecule has 0 bridgehead atoms. The van der Waals surface area contributed by atoms with E-state index in [-0.39, 0.29) is 0 Å². The fourth-order valence-electron chi connectivity index (χ4n) is 2.41. The third-order valence-corrected chi connectivity index (χ3v) is 3.36. The molecule has 0 radical (unpaired) electrons. The molecule has 1 aromatic rings. The average Bonchev–Trinajstić information content (AvgIpc) is 2.82. The van der Waals surface area contributed by atoms with Gasteiger partial charge in [-0.15, -0.1) is 0 Å². The number of hydrogen-bond acceptors (Lipinski definition) is 3. The molecule has 86 valence electrons. The molecule has 3 rings (SSSR count). The van der Waals surface area contributed by atoms with Gasteiger partial charge >= 0.3 is 0 Å². The van der Waals surface area contributed by atoms with Crippen molar-refractivity contribution in [3.8, 4) is 0 Å². The zero-order valence-corrected chi connectivity index (χ0v) is 9.60. The van der Waals surface area contributed by atoms with Crippen LogP contribution in [0.4, 0.5) is 5.82 Å². The van der Waals surface area contributed by atoms with Gasteiger partial charge in [-0.25, -0.2) is 4.98 Å². The van der Waals surface area contributed by atoms with E-state index in [1.807, 2.05) is 12.1 Å². The third kappa shape index (κ3) is 1.88. The molecule has 2 aliphatic rings. The number of aromatic nitrogens is 1. The lowest BCUT2D eigenvalue weighted by atomic mass is 10.0. The second-order valence-electron chi connectivity index (χ2n) is 4.49. The normalized spacial score (nSPS) is 18.5. The lowest BCUT2D eigenvalue weighted by Gasteiger charge is -2.17. The van der Waals surface area contributed by atoms with Crippen molar-refractivity contribution in [3.05, 3.63) is 47.2 Å². The number of rotatable bonds is 2. The van der Waals surface area contributed by atoms with Crippen LogP contribution in [0, 0.1) is 0 Å². The average molecular weight is 226 g/mol. The Labute approximate surface area is 100 Å². The van der Waals surface area contributed by atoms with E-state index in [0.717, 1.165) is 31.6 Å². The van der Waals surface area contributed by atoms with Gasteiger partial charge in [0.25, 0.3) is 0 Å². The molecule has 3 nitrogen and oxygen atoms in total. The van der Waals surface area contributed by atoms with Crippen molar-refractivity contribution in [2.45, 2.75) is 12.8 Å². The first-order valence-corrected chi connectivity index (χ1v) is 5.90. The molecular weight excluding hydrogens is 212 g/mol. The van der Waals surface area contributed by atoms with Gasteiger partial charge < -0.3 is 4.90 Å². The van der Waals surface area contributed by atoms with E-state index < -0.39 is 0 Å². The van der Waals surface area contributed by atoms with Crippen molar-refractivity contribution < 1.29 is 4.79 Å². The summed E-state index contributed by atoms with van der Waals surface area (Å²) in [7, 11) is 0.